The summed E-state index contributed by atoms with van der Waals surface area (Å²) in [5.74, 6) is -1.77. The molecule has 0 aromatic heterocycles. The van der Waals surface area contributed by atoms with E-state index in [0.29, 0.717) is 24.0 Å². The minimum absolute atomic E-state index is 0.00764. The standard InChI is InChI=1S/C23H30N4O6S/c1-3-27(4-2)23-26-21(30)18(34-23)12-19(28)25-16-8-5-7-15(11-16)22(31)33-14-20(29)24-13-17-9-6-10-32-17/h5,7-8,11,17-18H,3-4,6,9-10,12-14H2,1-2H3,(H,24,29)(H,25,28)/t17-,18-/m0/s1. The van der Waals surface area contributed by atoms with Crippen LogP contribution in [0.3, 0.4) is 0 Å². The summed E-state index contributed by atoms with van der Waals surface area (Å²) in [5.41, 5.74) is 0.589. The highest BCUT2D eigenvalue weighted by Gasteiger charge is 2.32. The number of amides is 3. The van der Waals surface area contributed by atoms with Gasteiger partial charge in [-0.05, 0) is 44.9 Å². The summed E-state index contributed by atoms with van der Waals surface area (Å²) in [6.07, 6.45) is 1.85. The van der Waals surface area contributed by atoms with E-state index in [0.717, 1.165) is 25.9 Å². The maximum absolute atomic E-state index is 12.5. The molecule has 1 aromatic carbocycles. The predicted octanol–water partition coefficient (Wildman–Crippen LogP) is 1.81. The van der Waals surface area contributed by atoms with Gasteiger partial charge in [0.1, 0.15) is 5.25 Å². The van der Waals surface area contributed by atoms with Gasteiger partial charge in [-0.25, -0.2) is 4.79 Å². The molecule has 11 heteroatoms. The molecular formula is C23H30N4O6S. The smallest absolute Gasteiger partial charge is 0.338 e. The van der Waals surface area contributed by atoms with Crippen molar-refractivity contribution >= 4 is 46.3 Å². The number of carbonyl (C=O) groups is 4. The van der Waals surface area contributed by atoms with Gasteiger partial charge in [-0.15, -0.1) is 0 Å². The zero-order valence-electron chi connectivity index (χ0n) is 19.4. The third kappa shape index (κ3) is 7.29. The zero-order chi connectivity index (χ0) is 24.5. The van der Waals surface area contributed by atoms with Crippen molar-refractivity contribution in [2.24, 2.45) is 4.99 Å². The Morgan fingerprint density at radius 2 is 2.03 bits per heavy atom. The van der Waals surface area contributed by atoms with E-state index < -0.39 is 23.7 Å². The zero-order valence-corrected chi connectivity index (χ0v) is 20.2. The second kappa shape index (κ2) is 12.5. The first-order chi connectivity index (χ1) is 16.4. The topological polar surface area (TPSA) is 126 Å². The third-order valence-corrected chi connectivity index (χ3v) is 6.61. The second-order valence-electron chi connectivity index (χ2n) is 7.86. The number of nitrogens with zero attached hydrogens (tertiary/aromatic N) is 2. The summed E-state index contributed by atoms with van der Waals surface area (Å²) >= 11 is 1.29. The molecule has 0 spiro atoms. The fourth-order valence-corrected chi connectivity index (χ4v) is 4.73. The van der Waals surface area contributed by atoms with E-state index in [4.69, 9.17) is 9.47 Å². The summed E-state index contributed by atoms with van der Waals surface area (Å²) in [5, 5.41) is 5.45. The molecule has 2 atom stereocenters. The first-order valence-electron chi connectivity index (χ1n) is 11.4. The largest absolute Gasteiger partial charge is 0.452 e. The summed E-state index contributed by atoms with van der Waals surface area (Å²) in [6, 6.07) is 6.22. The average molecular weight is 491 g/mol. The molecule has 1 aromatic rings. The lowest BCUT2D eigenvalue weighted by Gasteiger charge is -2.19. The maximum atomic E-state index is 12.5. The van der Waals surface area contributed by atoms with Gasteiger partial charge in [-0.2, -0.15) is 4.99 Å². The fraction of sp³-hybridized carbons (Fsp3) is 0.522. The van der Waals surface area contributed by atoms with E-state index >= 15 is 0 Å². The van der Waals surface area contributed by atoms with E-state index in [1.165, 1.54) is 23.9 Å². The Bertz CT molecular complexity index is 943. The molecule has 2 N–H and O–H groups in total. The Morgan fingerprint density at radius 3 is 2.74 bits per heavy atom. The van der Waals surface area contributed by atoms with Crippen molar-refractivity contribution in [3.8, 4) is 0 Å². The van der Waals surface area contributed by atoms with Crippen LogP contribution in [0.4, 0.5) is 5.69 Å². The highest BCUT2D eigenvalue weighted by atomic mass is 32.2. The van der Waals surface area contributed by atoms with Crippen LogP contribution in [0.15, 0.2) is 29.3 Å². The monoisotopic (exact) mass is 490 g/mol. The van der Waals surface area contributed by atoms with E-state index in [2.05, 4.69) is 15.6 Å². The van der Waals surface area contributed by atoms with E-state index in [9.17, 15) is 19.2 Å². The van der Waals surface area contributed by atoms with E-state index in [1.54, 1.807) is 12.1 Å². The quantitative estimate of drug-likeness (QED) is 0.476. The highest BCUT2D eigenvalue weighted by Crippen LogP contribution is 2.27. The molecule has 0 radical (unpaired) electrons. The molecule has 0 unspecified atom stereocenters. The van der Waals surface area contributed by atoms with Crippen molar-refractivity contribution in [1.82, 2.24) is 10.2 Å². The summed E-state index contributed by atoms with van der Waals surface area (Å²) < 4.78 is 10.5. The van der Waals surface area contributed by atoms with Crippen molar-refractivity contribution in [3.05, 3.63) is 29.8 Å². The molecule has 3 amide bonds. The minimum Gasteiger partial charge on any atom is -0.452 e. The number of hydrogen-bond acceptors (Lipinski definition) is 8. The van der Waals surface area contributed by atoms with Gasteiger partial charge in [0.2, 0.25) is 5.91 Å². The van der Waals surface area contributed by atoms with Gasteiger partial charge in [-0.3, -0.25) is 14.4 Å². The Hall–Kier alpha value is -2.92. The molecule has 1 saturated heterocycles. The van der Waals surface area contributed by atoms with Crippen LogP contribution in [-0.4, -0.2) is 78.0 Å². The molecule has 184 valence electrons. The molecule has 0 bridgehead atoms. The van der Waals surface area contributed by atoms with Crippen LogP contribution in [0, 0.1) is 0 Å². The second-order valence-corrected chi connectivity index (χ2v) is 9.03. The van der Waals surface area contributed by atoms with E-state index in [1.807, 2.05) is 18.7 Å². The summed E-state index contributed by atoms with van der Waals surface area (Å²) in [4.78, 5) is 54.9. The van der Waals surface area contributed by atoms with Gasteiger partial charge in [-0.1, -0.05) is 17.8 Å². The van der Waals surface area contributed by atoms with Crippen molar-refractivity contribution in [2.45, 2.75) is 44.5 Å². The molecule has 2 aliphatic heterocycles. The molecule has 3 rings (SSSR count). The molecule has 10 nitrogen and oxygen atoms in total. The van der Waals surface area contributed by atoms with Crippen LogP contribution in [-0.2, 0) is 23.9 Å². The van der Waals surface area contributed by atoms with Gasteiger partial charge in [0, 0.05) is 38.3 Å². The Kier molecular flexibility index (Phi) is 9.46. The van der Waals surface area contributed by atoms with Crippen LogP contribution in [0.1, 0.15) is 43.5 Å². The molecule has 2 heterocycles. The summed E-state index contributed by atoms with van der Waals surface area (Å²) in [7, 11) is 0. The first-order valence-corrected chi connectivity index (χ1v) is 12.3. The van der Waals surface area contributed by atoms with Gasteiger partial charge in [0.15, 0.2) is 11.8 Å². The van der Waals surface area contributed by atoms with Crippen LogP contribution in [0.2, 0.25) is 0 Å². The average Bonchev–Trinajstić information content (AvgIpc) is 3.47. The van der Waals surface area contributed by atoms with Crippen LogP contribution < -0.4 is 10.6 Å². The molecule has 2 aliphatic rings. The fourth-order valence-electron chi connectivity index (χ4n) is 3.54. The van der Waals surface area contributed by atoms with E-state index in [-0.39, 0.29) is 29.9 Å². The Labute approximate surface area is 202 Å². The van der Waals surface area contributed by atoms with Crippen molar-refractivity contribution in [3.63, 3.8) is 0 Å². The number of nitrogens with one attached hydrogen (secondary N) is 2. The van der Waals surface area contributed by atoms with Gasteiger partial charge < -0.3 is 25.0 Å². The van der Waals surface area contributed by atoms with Crippen LogP contribution >= 0.6 is 11.8 Å². The lowest BCUT2D eigenvalue weighted by molar-refractivity contribution is -0.124. The van der Waals surface area contributed by atoms with Gasteiger partial charge in [0.25, 0.3) is 11.8 Å². The number of amidine groups is 1. The number of hydrogen-bond donors (Lipinski definition) is 2. The Morgan fingerprint density at radius 1 is 1.24 bits per heavy atom. The normalized spacial score (nSPS) is 19.5. The van der Waals surface area contributed by atoms with Crippen LogP contribution in [0.25, 0.3) is 0 Å². The third-order valence-electron chi connectivity index (χ3n) is 5.40. The molecule has 34 heavy (non-hydrogen) atoms. The molecule has 0 saturated carbocycles. The van der Waals surface area contributed by atoms with Crippen molar-refractivity contribution in [2.75, 3.05) is 38.2 Å². The number of thioether (sulfide) groups is 1. The number of ether oxygens (including phenoxy) is 2. The maximum Gasteiger partial charge on any atom is 0.338 e. The Balaban J connectivity index is 1.45. The van der Waals surface area contributed by atoms with Crippen LogP contribution in [0.5, 0.6) is 0 Å². The SMILES string of the molecule is CCN(CC)C1=NC(=O)[C@H](CC(=O)Nc2cccc(C(=O)OCC(=O)NC[C@@H]3CCCO3)c2)S1. The molecular weight excluding hydrogens is 460 g/mol. The molecule has 0 aliphatic carbocycles. The number of aliphatic imine (C=N–C) groups is 1. The number of anilines is 1. The number of esters is 1. The van der Waals surface area contributed by atoms with Gasteiger partial charge >= 0.3 is 5.97 Å². The highest BCUT2D eigenvalue weighted by molar-refractivity contribution is 8.15. The van der Waals surface area contributed by atoms with Gasteiger partial charge in [0.05, 0.1) is 11.7 Å². The number of carbonyl (C=O) groups excluding carboxylic acids is 4. The molecule has 1 fully saturated rings. The number of benzene rings is 1. The number of rotatable bonds is 10. The first kappa shape index (κ1) is 25.7. The van der Waals surface area contributed by atoms with Crippen molar-refractivity contribution in [1.29, 1.82) is 0 Å². The summed E-state index contributed by atoms with van der Waals surface area (Å²) in [6.45, 7) is 6.10. The predicted molar refractivity (Wildman–Crippen MR) is 129 cm³/mol. The minimum atomic E-state index is -0.679. The van der Waals surface area contributed by atoms with Crippen molar-refractivity contribution < 1.29 is 28.7 Å². The lowest BCUT2D eigenvalue weighted by atomic mass is 10.2. The lowest BCUT2D eigenvalue weighted by Crippen LogP contribution is -2.34.